The van der Waals surface area contributed by atoms with Gasteiger partial charge in [-0.05, 0) is 97.1 Å². The molecule has 4 aromatic heterocycles. The van der Waals surface area contributed by atoms with Crippen LogP contribution < -0.4 is 43.2 Å². The van der Waals surface area contributed by atoms with E-state index < -0.39 is 111 Å². The summed E-state index contributed by atoms with van der Waals surface area (Å²) in [7, 11) is -21.8. The van der Waals surface area contributed by atoms with Gasteiger partial charge >= 0.3 is 66.8 Å². The number of benzene rings is 6. The van der Waals surface area contributed by atoms with Crippen molar-refractivity contribution < 1.29 is 87.0 Å². The number of nitriles is 2. The normalized spacial score (nSPS) is 16.2. The maximum absolute atomic E-state index is 16.1. The highest BCUT2D eigenvalue weighted by Crippen LogP contribution is 2.56. The van der Waals surface area contributed by atoms with Gasteiger partial charge in [-0.2, -0.15) is 80.0 Å². The number of hydrogen-bond donors (Lipinski definition) is 2. The first-order valence-electron chi connectivity index (χ1n) is 29.9. The Morgan fingerprint density at radius 2 is 0.863 bits per heavy atom. The Morgan fingerprint density at radius 1 is 0.500 bits per heavy atom. The summed E-state index contributed by atoms with van der Waals surface area (Å²) in [6, 6.07) is 48.5. The minimum Gasteiger partial charge on any atom is -0.374 e. The summed E-state index contributed by atoms with van der Waals surface area (Å²) < 4.78 is 282. The number of halogens is 12. The van der Waals surface area contributed by atoms with Gasteiger partial charge in [0.25, 0.3) is 0 Å². The Labute approximate surface area is 584 Å². The maximum Gasteiger partial charge on any atom is 0.439 e. The van der Waals surface area contributed by atoms with Gasteiger partial charge in [-0.25, -0.2) is 18.4 Å². The van der Waals surface area contributed by atoms with Crippen LogP contribution in [0.15, 0.2) is 204 Å². The molecule has 12 rings (SSSR count). The Morgan fingerprint density at radius 3 is 1.20 bits per heavy atom. The van der Waals surface area contributed by atoms with Crippen LogP contribution in [0.3, 0.4) is 0 Å². The van der Waals surface area contributed by atoms with Gasteiger partial charge in [0.1, 0.15) is 33.3 Å². The topological polar surface area (TPSA) is 226 Å². The number of sulfone groups is 1. The minimum atomic E-state index is -7.47. The van der Waals surface area contributed by atoms with Crippen molar-refractivity contribution in [3.63, 3.8) is 0 Å². The van der Waals surface area contributed by atoms with Crippen molar-refractivity contribution in [3.05, 3.63) is 247 Å². The summed E-state index contributed by atoms with van der Waals surface area (Å²) in [5.41, 5.74) is 3.08. The lowest BCUT2D eigenvalue weighted by Gasteiger charge is -2.30. The van der Waals surface area contributed by atoms with Crippen LogP contribution in [0.1, 0.15) is 34.0 Å². The number of hydrogen-bond acceptors (Lipinski definition) is 13. The highest BCUT2D eigenvalue weighted by molar-refractivity contribution is 8.04. The quantitative estimate of drug-likeness (QED) is 0.0464. The molecule has 0 unspecified atom stereocenters. The summed E-state index contributed by atoms with van der Waals surface area (Å²) in [5.74, 6) is -14.1. The molecule has 520 valence electrons. The molecule has 4 heterocycles. The molecule has 0 fully saturated rings. The second-order valence-corrected chi connectivity index (χ2v) is 31.6. The molecule has 2 aliphatic rings. The summed E-state index contributed by atoms with van der Waals surface area (Å²) in [4.78, 5) is 7.32. The van der Waals surface area contributed by atoms with Crippen LogP contribution in [0.2, 0.25) is 0 Å². The molecule has 102 heavy (non-hydrogen) atoms. The van der Waals surface area contributed by atoms with Crippen molar-refractivity contribution in [2.75, 3.05) is 0 Å². The molecular weight excluding hydrogens is 1470 g/mol. The number of rotatable bonds is 18. The third-order valence-electron chi connectivity index (χ3n) is 16.9. The van der Waals surface area contributed by atoms with Crippen LogP contribution in [0.25, 0.3) is 53.5 Å². The third-order valence-corrected chi connectivity index (χ3v) is 23.7. The van der Waals surface area contributed by atoms with Gasteiger partial charge in [0.05, 0.1) is 36.0 Å². The summed E-state index contributed by atoms with van der Waals surface area (Å²) >= 11 is 0.864. The molecule has 6 aromatic carbocycles. The zero-order valence-electron chi connectivity index (χ0n) is 52.1. The first-order valence-corrected chi connectivity index (χ1v) is 36.7. The largest absolute Gasteiger partial charge is 0.439 e. The fraction of sp³-hybridized carbons (Fsp3) is 0.147. The standard InChI is InChI=1S/C68H44B2F12N6O8S6/c1-39-23-33-51-53(35-39)97-61(85-51)49(37-83)59-55-56(58(88(59)70(45-19-11-5-12-20-45)46-21-13-6-14-22-46)42-27-31-48(32-28-42)100(89,90)66(77,78)64(73,74)68(81,82)102(94,95)96)60(50(38-84)62-86-52-34-24-40(2)36-54(52)98-62)87(69(43-15-7-3-8-16-43)44-17-9-4-10-18-44)57(55)41-25-29-47(30-26-41)99-65(75,76)63(71,72)67(79,80)101(91,92)93/h3-25,27,29-36H,26,28H2,1-2H3,(H,91,92,93)(H,94,95,96)/b57-41?,58-42?,59-49-,60-50-. The van der Waals surface area contributed by atoms with Crippen molar-refractivity contribution in [3.8, 4) is 12.1 Å². The third kappa shape index (κ3) is 12.0. The number of aryl methyl sites for hydroxylation is 2. The van der Waals surface area contributed by atoms with E-state index >= 15 is 35.1 Å². The number of alkyl halides is 12. The Balaban J connectivity index is 1.37. The fourth-order valence-corrected chi connectivity index (χ4v) is 17.4. The number of nitrogens with zero attached hydrogens (tertiary/aromatic N) is 6. The zero-order valence-corrected chi connectivity index (χ0v) is 57.0. The number of fused-ring (bicyclic) bond motifs is 3. The Kier molecular flexibility index (Phi) is 18.6. The van der Waals surface area contributed by atoms with Crippen molar-refractivity contribution in [2.45, 2.75) is 59.6 Å². The SMILES string of the molecule is Cc1ccc2nc(/C(C#N)=c3/c4c(=C5C=CC(S(=O)(=O)C(F)(F)C(F)(F)C(F)(F)S(=O)(=O)O)=CC5)n(B(c5ccccc5)c5ccccc5)/c(=C(/C#N)c5nc6ccc(C)cc6s5)c4c(=C4C=CC(SC(F)(F)C(F)(F)C(F)(F)S(=O)(=O)O)=CC4)n3B(c3ccccc3)c3ccccc3)sc2c1. The van der Waals surface area contributed by atoms with Crippen molar-refractivity contribution in [1.82, 2.24) is 18.9 Å². The lowest BCUT2D eigenvalue weighted by atomic mass is 9.50. The van der Waals surface area contributed by atoms with E-state index in [0.717, 1.165) is 58.1 Å². The van der Waals surface area contributed by atoms with E-state index in [1.54, 1.807) is 181 Å². The highest BCUT2D eigenvalue weighted by atomic mass is 32.2. The molecule has 0 atom stereocenters. The molecule has 0 bridgehead atoms. The summed E-state index contributed by atoms with van der Waals surface area (Å²) in [5, 5.41) is -3.00. The van der Waals surface area contributed by atoms with E-state index in [1.807, 2.05) is 0 Å². The average Bonchev–Trinajstić information content (AvgIpc) is 1.49. The predicted octanol–water partition coefficient (Wildman–Crippen LogP) is 10.6. The molecule has 2 aliphatic carbocycles. The molecule has 14 nitrogen and oxygen atoms in total. The van der Waals surface area contributed by atoms with E-state index in [1.165, 1.54) is 0 Å². The molecular formula is C68H44B2F12N6O8S6. The lowest BCUT2D eigenvalue weighted by molar-refractivity contribution is -0.245. The predicted molar refractivity (Wildman–Crippen MR) is 370 cm³/mol. The molecule has 0 amide bonds. The first-order chi connectivity index (χ1) is 47.9. The Bertz CT molecular complexity index is 5800. The van der Waals surface area contributed by atoms with E-state index in [0.29, 0.717) is 54.4 Å². The van der Waals surface area contributed by atoms with E-state index in [9.17, 15) is 53.3 Å². The van der Waals surface area contributed by atoms with Gasteiger partial charge in [0.2, 0.25) is 9.84 Å². The van der Waals surface area contributed by atoms with E-state index in [2.05, 4.69) is 12.1 Å². The van der Waals surface area contributed by atoms with Gasteiger partial charge in [-0.1, -0.05) is 180 Å². The average molecular weight is 1520 g/mol. The lowest BCUT2D eigenvalue weighted by Crippen LogP contribution is -2.60. The molecule has 10 aromatic rings. The summed E-state index contributed by atoms with van der Waals surface area (Å²) in [6.07, 6.45) is 2.78. The molecule has 0 aliphatic heterocycles. The molecule has 34 heteroatoms. The van der Waals surface area contributed by atoms with Gasteiger partial charge in [-0.15, -0.1) is 22.7 Å². The van der Waals surface area contributed by atoms with Crippen LogP contribution in [0.5, 0.6) is 0 Å². The second kappa shape index (κ2) is 26.2. The molecule has 2 N–H and O–H groups in total. The minimum absolute atomic E-state index is 0.00550. The van der Waals surface area contributed by atoms with Crippen LogP contribution in [-0.4, -0.2) is 99.8 Å². The Hall–Kier alpha value is -9.25. The van der Waals surface area contributed by atoms with Crippen LogP contribution in [-0.2, 0) is 30.1 Å². The van der Waals surface area contributed by atoms with Crippen LogP contribution in [0, 0.1) is 36.5 Å². The van der Waals surface area contributed by atoms with E-state index in [4.69, 9.17) is 19.1 Å². The first kappa shape index (κ1) is 72.5. The van der Waals surface area contributed by atoms with Gasteiger partial charge in [0.15, 0.2) is 0 Å². The van der Waals surface area contributed by atoms with Gasteiger partial charge in [0, 0.05) is 26.4 Å². The zero-order chi connectivity index (χ0) is 73.7. The maximum atomic E-state index is 16.1. The van der Waals surface area contributed by atoms with Crippen molar-refractivity contribution in [1.29, 1.82) is 10.5 Å². The summed E-state index contributed by atoms with van der Waals surface area (Å²) in [6.45, 7) is 1.05. The number of aromatic nitrogens is 4. The van der Waals surface area contributed by atoms with Crippen LogP contribution in [0.4, 0.5) is 52.7 Å². The van der Waals surface area contributed by atoms with Crippen molar-refractivity contribution >= 4 is 154 Å². The highest BCUT2D eigenvalue weighted by Gasteiger charge is 2.82. The fourth-order valence-electron chi connectivity index (χ4n) is 12.1. The number of allylic oxidation sites excluding steroid dienone is 6. The molecule has 0 radical (unpaired) electrons. The molecule has 0 saturated heterocycles. The van der Waals surface area contributed by atoms with Crippen molar-refractivity contribution in [2.24, 2.45) is 0 Å². The molecule has 0 spiro atoms. The van der Waals surface area contributed by atoms with Gasteiger partial charge in [-0.3, -0.25) is 9.11 Å². The number of thiazole rings is 2. The van der Waals surface area contributed by atoms with Crippen LogP contribution >= 0.6 is 34.4 Å². The smallest absolute Gasteiger partial charge is 0.374 e. The molecule has 0 saturated carbocycles. The second-order valence-electron chi connectivity index (χ2n) is 23.4. The monoisotopic (exact) mass is 1510 g/mol. The number of thioether (sulfide) groups is 1. The van der Waals surface area contributed by atoms with E-state index in [-0.39, 0.29) is 64.5 Å². The van der Waals surface area contributed by atoms with Gasteiger partial charge < -0.3 is 8.96 Å².